The Bertz CT molecular complexity index is 1490. The van der Waals surface area contributed by atoms with Gasteiger partial charge < -0.3 is 29.4 Å². The van der Waals surface area contributed by atoms with E-state index < -0.39 is 11.6 Å². The normalized spacial score (nSPS) is 23.1. The summed E-state index contributed by atoms with van der Waals surface area (Å²) in [5.74, 6) is 0.292. The maximum atomic E-state index is 13.1. The van der Waals surface area contributed by atoms with Crippen molar-refractivity contribution >= 4 is 34.3 Å². The number of fused-ring (bicyclic) bond motifs is 1. The second-order valence-corrected chi connectivity index (χ2v) is 11.8. The number of pyridine rings is 1. The van der Waals surface area contributed by atoms with Crippen LogP contribution >= 0.6 is 0 Å². The van der Waals surface area contributed by atoms with Crippen LogP contribution in [0.15, 0.2) is 35.3 Å². The molecule has 1 aromatic carbocycles. The van der Waals surface area contributed by atoms with E-state index in [1.165, 1.54) is 0 Å². The molecule has 0 radical (unpaired) electrons. The molecule has 3 unspecified atom stereocenters. The molecule has 11 nitrogen and oxygen atoms in total. The highest BCUT2D eigenvalue weighted by Gasteiger charge is 2.39. The van der Waals surface area contributed by atoms with E-state index in [4.69, 9.17) is 19.3 Å². The monoisotopic (exact) mass is 565 g/mol. The van der Waals surface area contributed by atoms with Crippen LogP contribution in [0.1, 0.15) is 56.5 Å². The van der Waals surface area contributed by atoms with Crippen LogP contribution in [0.2, 0.25) is 0 Å². The number of anilines is 2. The predicted octanol–water partition coefficient (Wildman–Crippen LogP) is 3.73. The molecule has 2 aliphatic rings. The van der Waals surface area contributed by atoms with Gasteiger partial charge in [0.15, 0.2) is 11.9 Å². The number of esters is 1. The zero-order chi connectivity index (χ0) is 29.3. The average Bonchev–Trinajstić information content (AvgIpc) is 3.32. The van der Waals surface area contributed by atoms with Crippen molar-refractivity contribution in [3.05, 3.63) is 51.9 Å². The Hall–Kier alpha value is -3.70. The summed E-state index contributed by atoms with van der Waals surface area (Å²) >= 11 is 0. The number of hydrogen-bond acceptors (Lipinski definition) is 8. The van der Waals surface area contributed by atoms with Crippen molar-refractivity contribution in [1.29, 1.82) is 0 Å². The van der Waals surface area contributed by atoms with E-state index >= 15 is 0 Å². The molecule has 2 aliphatic heterocycles. The number of nitrogens with zero attached hydrogens (tertiary/aromatic N) is 3. The molecule has 220 valence electrons. The summed E-state index contributed by atoms with van der Waals surface area (Å²) in [5, 5.41) is 8.56. The minimum absolute atomic E-state index is 0.0106. The van der Waals surface area contributed by atoms with Gasteiger partial charge in [-0.15, -0.1) is 0 Å². The number of nitrogens with one attached hydrogen (secondary N) is 2. The molecule has 2 saturated heterocycles. The van der Waals surface area contributed by atoms with E-state index in [0.29, 0.717) is 67.1 Å². The van der Waals surface area contributed by atoms with Crippen LogP contribution in [0, 0.1) is 12.8 Å². The molecule has 4 heterocycles. The fourth-order valence-corrected chi connectivity index (χ4v) is 5.44. The van der Waals surface area contributed by atoms with Crippen LogP contribution in [0.25, 0.3) is 10.9 Å². The number of amides is 1. The molecular formula is C30H39N5O6. The zero-order valence-electron chi connectivity index (χ0n) is 24.4. The van der Waals surface area contributed by atoms with E-state index in [1.54, 1.807) is 12.3 Å². The Morgan fingerprint density at radius 2 is 2.07 bits per heavy atom. The molecule has 5 rings (SSSR count). The van der Waals surface area contributed by atoms with Gasteiger partial charge in [0.25, 0.3) is 11.5 Å². The number of hydrogen-bond donors (Lipinski definition) is 2. The number of aryl methyl sites for hydroxylation is 1. The van der Waals surface area contributed by atoms with Gasteiger partial charge in [-0.3, -0.25) is 14.3 Å². The third kappa shape index (κ3) is 6.01. The molecule has 2 N–H and O–H groups in total. The third-order valence-corrected chi connectivity index (χ3v) is 7.73. The van der Waals surface area contributed by atoms with Crippen LogP contribution in [0.4, 0.5) is 11.5 Å². The number of morpholine rings is 1. The first-order valence-electron chi connectivity index (χ1n) is 14.2. The quantitative estimate of drug-likeness (QED) is 0.415. The number of carbonyl (C=O) groups is 2. The molecule has 0 aliphatic carbocycles. The Morgan fingerprint density at radius 1 is 1.27 bits per heavy atom. The third-order valence-electron chi connectivity index (χ3n) is 7.73. The molecule has 41 heavy (non-hydrogen) atoms. The molecule has 2 aromatic heterocycles. The average molecular weight is 566 g/mol. The van der Waals surface area contributed by atoms with Gasteiger partial charge in [0.1, 0.15) is 5.39 Å². The lowest BCUT2D eigenvalue weighted by molar-refractivity contribution is -0.165. The zero-order valence-corrected chi connectivity index (χ0v) is 24.4. The second-order valence-electron chi connectivity index (χ2n) is 11.8. The topological polar surface area (TPSA) is 128 Å². The summed E-state index contributed by atoms with van der Waals surface area (Å²) in [6.45, 7) is 12.1. The van der Waals surface area contributed by atoms with Gasteiger partial charge in [-0.1, -0.05) is 13.8 Å². The second kappa shape index (κ2) is 11.7. The summed E-state index contributed by atoms with van der Waals surface area (Å²) in [4.78, 5) is 43.1. The minimum atomic E-state index is -0.616. The first-order chi connectivity index (χ1) is 19.6. The number of aromatic amines is 1. The van der Waals surface area contributed by atoms with Gasteiger partial charge in [0, 0.05) is 30.5 Å². The van der Waals surface area contributed by atoms with Gasteiger partial charge in [-0.25, -0.2) is 4.79 Å². The molecule has 3 atom stereocenters. The van der Waals surface area contributed by atoms with Crippen LogP contribution in [-0.4, -0.2) is 76.7 Å². The van der Waals surface area contributed by atoms with E-state index in [9.17, 15) is 14.4 Å². The Kier molecular flexibility index (Phi) is 8.19. The van der Waals surface area contributed by atoms with Gasteiger partial charge in [-0.05, 0) is 69.4 Å². The van der Waals surface area contributed by atoms with E-state index in [0.717, 1.165) is 5.56 Å². The fraction of sp³-hybridized carbons (Fsp3) is 0.533. The van der Waals surface area contributed by atoms with Gasteiger partial charge in [0.2, 0.25) is 0 Å². The molecule has 0 bridgehead atoms. The number of rotatable bonds is 7. The lowest BCUT2D eigenvalue weighted by Gasteiger charge is -2.37. The van der Waals surface area contributed by atoms with Gasteiger partial charge >= 0.3 is 5.97 Å². The summed E-state index contributed by atoms with van der Waals surface area (Å²) in [6, 6.07) is 7.33. The lowest BCUT2D eigenvalue weighted by Crippen LogP contribution is -2.45. The molecule has 2 fully saturated rings. The summed E-state index contributed by atoms with van der Waals surface area (Å²) in [5.41, 5.74) is 1.97. The largest absolute Gasteiger partial charge is 0.463 e. The summed E-state index contributed by atoms with van der Waals surface area (Å²) < 4.78 is 18.7. The Morgan fingerprint density at radius 3 is 2.76 bits per heavy atom. The maximum Gasteiger partial charge on any atom is 0.335 e. The highest BCUT2D eigenvalue weighted by molar-refractivity contribution is 5.97. The molecule has 0 spiro atoms. The first kappa shape index (κ1) is 28.8. The van der Waals surface area contributed by atoms with Gasteiger partial charge in [-0.2, -0.15) is 5.10 Å². The lowest BCUT2D eigenvalue weighted by atomic mass is 9.92. The number of H-pyrrole nitrogens is 1. The van der Waals surface area contributed by atoms with Gasteiger partial charge in [0.05, 0.1) is 37.0 Å². The van der Waals surface area contributed by atoms with Crippen LogP contribution in [0.5, 0.6) is 0 Å². The Balaban J connectivity index is 1.37. The number of ether oxygens (including phenoxy) is 3. The SMILES string of the molecule is Cc1cc(Nc2nn(C3(C)CCC(C(=O)OCC(C)C)OC3)c3cc[nH]c(=O)c23)ccc1C(=O)N1CCOC(C)C1. The van der Waals surface area contributed by atoms with Crippen molar-refractivity contribution in [1.82, 2.24) is 19.7 Å². The van der Waals surface area contributed by atoms with Crippen molar-refractivity contribution in [2.45, 2.75) is 65.2 Å². The van der Waals surface area contributed by atoms with Crippen molar-refractivity contribution in [3.8, 4) is 0 Å². The van der Waals surface area contributed by atoms with Crippen molar-refractivity contribution in [3.63, 3.8) is 0 Å². The molecule has 11 heteroatoms. The maximum absolute atomic E-state index is 13.1. The molecule has 3 aromatic rings. The van der Waals surface area contributed by atoms with E-state index in [-0.39, 0.29) is 36.1 Å². The predicted molar refractivity (Wildman–Crippen MR) is 155 cm³/mol. The first-order valence-corrected chi connectivity index (χ1v) is 14.2. The molecular weight excluding hydrogens is 526 g/mol. The summed E-state index contributed by atoms with van der Waals surface area (Å²) in [6.07, 6.45) is 2.10. The van der Waals surface area contributed by atoms with Crippen molar-refractivity contribution < 1.29 is 23.8 Å². The smallest absolute Gasteiger partial charge is 0.335 e. The van der Waals surface area contributed by atoms with Crippen LogP contribution < -0.4 is 10.9 Å². The standard InChI is InChI=1S/C30H39N5O6/c1-18(2)16-40-29(38)24-8-10-30(5,17-41-24)35-23-9-11-31-27(36)25(23)26(33-35)32-21-6-7-22(19(3)14-21)28(37)34-12-13-39-20(4)15-34/h6-7,9,11,14,18,20,24H,8,10,12-13,15-17H2,1-5H3,(H,31,36)(H,32,33). The highest BCUT2D eigenvalue weighted by atomic mass is 16.6. The molecule has 1 amide bonds. The minimum Gasteiger partial charge on any atom is -0.463 e. The highest BCUT2D eigenvalue weighted by Crippen LogP contribution is 2.35. The Labute approximate surface area is 239 Å². The number of aromatic nitrogens is 3. The van der Waals surface area contributed by atoms with Crippen LogP contribution in [-0.2, 0) is 24.5 Å². The molecule has 0 saturated carbocycles. The number of benzene rings is 1. The number of carbonyl (C=O) groups excluding carboxylic acids is 2. The van der Waals surface area contributed by atoms with E-state index in [1.807, 2.05) is 62.4 Å². The van der Waals surface area contributed by atoms with Crippen molar-refractivity contribution in [2.24, 2.45) is 5.92 Å². The van der Waals surface area contributed by atoms with E-state index in [2.05, 4.69) is 10.3 Å². The summed E-state index contributed by atoms with van der Waals surface area (Å²) in [7, 11) is 0. The van der Waals surface area contributed by atoms with Crippen LogP contribution in [0.3, 0.4) is 0 Å². The fourth-order valence-electron chi connectivity index (χ4n) is 5.44. The van der Waals surface area contributed by atoms with Crippen molar-refractivity contribution in [2.75, 3.05) is 38.2 Å².